The van der Waals surface area contributed by atoms with E-state index in [0.29, 0.717) is 19.3 Å². The Morgan fingerprint density at radius 1 is 0.280 bits per heavy atom. The molecule has 0 radical (unpaired) electrons. The highest BCUT2D eigenvalue weighted by Gasteiger charge is 2.19. The monoisotopic (exact) mass is 1040 g/mol. The summed E-state index contributed by atoms with van der Waals surface area (Å²) in [6.07, 6.45) is 86.3. The molecule has 0 aliphatic carbocycles. The molecule has 0 N–H and O–H groups in total. The predicted octanol–water partition coefficient (Wildman–Crippen LogP) is 21.2. The molecule has 0 aliphatic rings. The average Bonchev–Trinajstić information content (AvgIpc) is 3.41. The number of carbonyl (C=O) groups is 3. The van der Waals surface area contributed by atoms with E-state index in [0.717, 1.165) is 116 Å². The zero-order valence-corrected chi connectivity index (χ0v) is 48.8. The number of hydrogen-bond acceptors (Lipinski definition) is 6. The quantitative estimate of drug-likeness (QED) is 0.0261. The van der Waals surface area contributed by atoms with Gasteiger partial charge in [-0.25, -0.2) is 0 Å². The number of esters is 3. The van der Waals surface area contributed by atoms with Crippen LogP contribution in [-0.2, 0) is 28.6 Å². The molecule has 426 valence electrons. The molecule has 0 bridgehead atoms. The van der Waals surface area contributed by atoms with Crippen LogP contribution < -0.4 is 0 Å². The summed E-state index contributed by atoms with van der Waals surface area (Å²) in [7, 11) is 0. The second-order valence-corrected chi connectivity index (χ2v) is 20.2. The van der Waals surface area contributed by atoms with Crippen molar-refractivity contribution in [3.8, 4) is 0 Å². The van der Waals surface area contributed by atoms with Gasteiger partial charge < -0.3 is 14.2 Å². The fourth-order valence-corrected chi connectivity index (χ4v) is 8.32. The molecule has 0 saturated heterocycles. The van der Waals surface area contributed by atoms with Crippen molar-refractivity contribution in [2.75, 3.05) is 13.2 Å². The van der Waals surface area contributed by atoms with E-state index in [9.17, 15) is 14.4 Å². The van der Waals surface area contributed by atoms with Crippen LogP contribution in [0.1, 0.15) is 278 Å². The first-order valence-corrected chi connectivity index (χ1v) is 31.0. The molecular weight excluding hydrogens is 925 g/mol. The van der Waals surface area contributed by atoms with E-state index in [1.807, 2.05) is 0 Å². The van der Waals surface area contributed by atoms with Crippen LogP contribution in [-0.4, -0.2) is 37.2 Å². The molecule has 0 aliphatic heterocycles. The molecular formula is C69H114O6. The van der Waals surface area contributed by atoms with Gasteiger partial charge in [-0.15, -0.1) is 0 Å². The van der Waals surface area contributed by atoms with E-state index in [1.165, 1.54) is 116 Å². The Hall–Kier alpha value is -4.19. The van der Waals surface area contributed by atoms with E-state index in [2.05, 4.69) is 142 Å². The maximum absolute atomic E-state index is 12.9. The highest BCUT2D eigenvalue weighted by molar-refractivity contribution is 5.71. The van der Waals surface area contributed by atoms with Crippen LogP contribution in [0.2, 0.25) is 0 Å². The van der Waals surface area contributed by atoms with Crippen molar-refractivity contribution in [3.63, 3.8) is 0 Å². The summed E-state index contributed by atoms with van der Waals surface area (Å²) >= 11 is 0. The number of carbonyl (C=O) groups excluding carboxylic acids is 3. The van der Waals surface area contributed by atoms with Gasteiger partial charge in [-0.2, -0.15) is 0 Å². The Kier molecular flexibility index (Phi) is 58.9. The van der Waals surface area contributed by atoms with E-state index in [1.54, 1.807) is 0 Å². The van der Waals surface area contributed by atoms with Gasteiger partial charge >= 0.3 is 17.9 Å². The van der Waals surface area contributed by atoms with Crippen molar-refractivity contribution in [2.45, 2.75) is 284 Å². The van der Waals surface area contributed by atoms with Crippen molar-refractivity contribution in [1.82, 2.24) is 0 Å². The minimum Gasteiger partial charge on any atom is -0.462 e. The molecule has 1 unspecified atom stereocenters. The first-order chi connectivity index (χ1) is 37.0. The molecule has 0 saturated carbocycles. The standard InChI is InChI=1S/C69H114O6/c1-4-7-10-13-16-19-22-25-27-28-29-30-31-32-33-34-35-36-37-38-39-40-42-44-47-50-53-56-59-62-68(71)74-65-66(64-73-67(70)61-58-55-52-49-46-43-24-21-18-15-12-9-6-3)75-69(72)63-60-57-54-51-48-45-41-26-23-20-17-14-11-8-5-2/h7,10,16,19,21,24-25,27,29-30,32-33,35-36,38-39,42,44,50,53,66H,4-6,8-9,11-15,17-18,20,22-23,26,28,31,34,37,40-41,43,45-49,51-52,54-65H2,1-3H3/b10-7-,19-16-,24-21-,27-25-,30-29-,33-32-,36-35-,39-38-,44-42-,53-50-. The van der Waals surface area contributed by atoms with Crippen LogP contribution in [0.25, 0.3) is 0 Å². The molecule has 0 aromatic rings. The molecule has 0 amide bonds. The maximum Gasteiger partial charge on any atom is 0.306 e. The summed E-state index contributed by atoms with van der Waals surface area (Å²) in [6.45, 7) is 6.47. The first-order valence-electron chi connectivity index (χ1n) is 31.0. The molecule has 1 atom stereocenters. The minimum absolute atomic E-state index is 0.100. The van der Waals surface area contributed by atoms with Crippen LogP contribution >= 0.6 is 0 Å². The molecule has 6 nitrogen and oxygen atoms in total. The summed E-state index contributed by atoms with van der Waals surface area (Å²) < 4.78 is 16.8. The predicted molar refractivity (Wildman–Crippen MR) is 325 cm³/mol. The van der Waals surface area contributed by atoms with E-state index in [4.69, 9.17) is 14.2 Å². The minimum atomic E-state index is -0.806. The van der Waals surface area contributed by atoms with Crippen LogP contribution in [0.4, 0.5) is 0 Å². The lowest BCUT2D eigenvalue weighted by Gasteiger charge is -2.18. The average molecular weight is 1040 g/mol. The van der Waals surface area contributed by atoms with Gasteiger partial charge in [0.15, 0.2) is 6.10 Å². The Bertz CT molecular complexity index is 1570. The molecule has 0 heterocycles. The highest BCUT2D eigenvalue weighted by Crippen LogP contribution is 2.15. The second-order valence-electron chi connectivity index (χ2n) is 20.2. The van der Waals surface area contributed by atoms with Gasteiger partial charge in [-0.3, -0.25) is 14.4 Å². The Morgan fingerprint density at radius 2 is 0.533 bits per heavy atom. The van der Waals surface area contributed by atoms with Crippen LogP contribution in [0, 0.1) is 0 Å². The third-order valence-corrected chi connectivity index (χ3v) is 13.0. The van der Waals surface area contributed by atoms with Crippen molar-refractivity contribution in [1.29, 1.82) is 0 Å². The summed E-state index contributed by atoms with van der Waals surface area (Å²) in [5.41, 5.74) is 0. The Labute approximate surface area is 462 Å². The number of unbranched alkanes of at least 4 members (excludes halogenated alkanes) is 24. The van der Waals surface area contributed by atoms with Gasteiger partial charge in [0.25, 0.3) is 0 Å². The molecule has 0 fully saturated rings. The summed E-state index contributed by atoms with van der Waals surface area (Å²) in [4.78, 5) is 38.2. The van der Waals surface area contributed by atoms with Crippen LogP contribution in [0.15, 0.2) is 122 Å². The smallest absolute Gasteiger partial charge is 0.306 e. The summed E-state index contributed by atoms with van der Waals surface area (Å²) in [6, 6.07) is 0. The largest absolute Gasteiger partial charge is 0.462 e. The number of ether oxygens (including phenoxy) is 3. The SMILES string of the molecule is CC/C=C\C/C=C\C/C=C\C/C=C\C/C=C\C/C=C\C/C=C\C/C=C\C/C=C\CCCC(=O)OCC(COC(=O)CCCCCCC/C=C\CCCCCC)OC(=O)CCCCCCCCCCCCCCCCC. The zero-order valence-electron chi connectivity index (χ0n) is 48.8. The van der Waals surface area contributed by atoms with E-state index >= 15 is 0 Å². The third-order valence-electron chi connectivity index (χ3n) is 13.0. The van der Waals surface area contributed by atoms with Gasteiger partial charge in [0.05, 0.1) is 0 Å². The van der Waals surface area contributed by atoms with Crippen molar-refractivity contribution in [3.05, 3.63) is 122 Å². The number of allylic oxidation sites excluding steroid dienone is 20. The topological polar surface area (TPSA) is 78.9 Å². The molecule has 0 aromatic heterocycles. The Balaban J connectivity index is 4.42. The molecule has 6 heteroatoms. The molecule has 0 aromatic carbocycles. The molecule has 0 rings (SSSR count). The molecule has 0 spiro atoms. The maximum atomic E-state index is 12.9. The lowest BCUT2D eigenvalue weighted by Crippen LogP contribution is -2.30. The summed E-state index contributed by atoms with van der Waals surface area (Å²) in [5, 5.41) is 0. The van der Waals surface area contributed by atoms with Crippen molar-refractivity contribution in [2.24, 2.45) is 0 Å². The van der Waals surface area contributed by atoms with Gasteiger partial charge in [0.2, 0.25) is 0 Å². The van der Waals surface area contributed by atoms with E-state index in [-0.39, 0.29) is 37.5 Å². The lowest BCUT2D eigenvalue weighted by atomic mass is 10.0. The van der Waals surface area contributed by atoms with E-state index < -0.39 is 6.10 Å². The number of hydrogen-bond donors (Lipinski definition) is 0. The van der Waals surface area contributed by atoms with Gasteiger partial charge in [0.1, 0.15) is 13.2 Å². The first kappa shape index (κ1) is 70.8. The zero-order chi connectivity index (χ0) is 54.3. The van der Waals surface area contributed by atoms with Gasteiger partial charge in [-0.05, 0) is 109 Å². The van der Waals surface area contributed by atoms with Gasteiger partial charge in [0, 0.05) is 19.3 Å². The van der Waals surface area contributed by atoms with Crippen LogP contribution in [0.3, 0.4) is 0 Å². The Morgan fingerprint density at radius 3 is 0.893 bits per heavy atom. The molecule has 75 heavy (non-hydrogen) atoms. The second kappa shape index (κ2) is 62.4. The van der Waals surface area contributed by atoms with Crippen molar-refractivity contribution < 1.29 is 28.6 Å². The normalized spacial score (nSPS) is 12.9. The highest BCUT2D eigenvalue weighted by atomic mass is 16.6. The number of rotatable bonds is 55. The van der Waals surface area contributed by atoms with Gasteiger partial charge in [-0.1, -0.05) is 271 Å². The van der Waals surface area contributed by atoms with Crippen molar-refractivity contribution >= 4 is 17.9 Å². The summed E-state index contributed by atoms with van der Waals surface area (Å²) in [5.74, 6) is -0.966. The van der Waals surface area contributed by atoms with Crippen LogP contribution in [0.5, 0.6) is 0 Å². The lowest BCUT2D eigenvalue weighted by molar-refractivity contribution is -0.167. The third kappa shape index (κ3) is 60.6. The fourth-order valence-electron chi connectivity index (χ4n) is 8.32. The fraction of sp³-hybridized carbons (Fsp3) is 0.667.